The molecule has 2 N–H and O–H groups in total. The number of para-hydroxylation sites is 2. The van der Waals surface area contributed by atoms with Gasteiger partial charge in [0.25, 0.3) is 0 Å². The quantitative estimate of drug-likeness (QED) is 0.830. The Bertz CT molecular complexity index is 398. The normalized spacial score (nSPS) is 19.8. The van der Waals surface area contributed by atoms with Crippen molar-refractivity contribution in [2.45, 2.75) is 19.8 Å². The van der Waals surface area contributed by atoms with E-state index in [1.165, 1.54) is 12.8 Å². The fourth-order valence-corrected chi connectivity index (χ4v) is 2.68. The van der Waals surface area contributed by atoms with Crippen LogP contribution >= 0.6 is 0 Å². The topological polar surface area (TPSA) is 47.7 Å². The zero-order valence-electron chi connectivity index (χ0n) is 12.4. The van der Waals surface area contributed by atoms with Crippen LogP contribution in [0.5, 0.6) is 11.5 Å². The lowest BCUT2D eigenvalue weighted by molar-refractivity contribution is 0.147. The molecule has 1 unspecified atom stereocenters. The van der Waals surface area contributed by atoms with Gasteiger partial charge in [-0.1, -0.05) is 12.1 Å². The van der Waals surface area contributed by atoms with Gasteiger partial charge in [0.2, 0.25) is 0 Å². The number of nitrogens with zero attached hydrogens (tertiary/aromatic N) is 1. The van der Waals surface area contributed by atoms with Crippen LogP contribution in [0.3, 0.4) is 0 Å². The fourth-order valence-electron chi connectivity index (χ4n) is 2.68. The van der Waals surface area contributed by atoms with Crippen LogP contribution in [0.1, 0.15) is 19.8 Å². The Morgan fingerprint density at radius 3 is 2.70 bits per heavy atom. The predicted octanol–water partition coefficient (Wildman–Crippen LogP) is 2.13. The van der Waals surface area contributed by atoms with Crippen LogP contribution in [0.4, 0.5) is 0 Å². The van der Waals surface area contributed by atoms with Crippen LogP contribution in [-0.2, 0) is 0 Å². The molecule has 1 saturated heterocycles. The predicted molar refractivity (Wildman–Crippen MR) is 81.3 cm³/mol. The van der Waals surface area contributed by atoms with Crippen LogP contribution in [0.25, 0.3) is 0 Å². The number of likely N-dealkylation sites (tertiary alicyclic amines) is 1. The molecule has 1 fully saturated rings. The van der Waals surface area contributed by atoms with E-state index in [4.69, 9.17) is 15.2 Å². The van der Waals surface area contributed by atoms with Crippen molar-refractivity contribution in [3.63, 3.8) is 0 Å². The zero-order chi connectivity index (χ0) is 14.2. The largest absolute Gasteiger partial charge is 0.490 e. The molecule has 0 bridgehead atoms. The minimum absolute atomic E-state index is 0.652. The third kappa shape index (κ3) is 4.39. The van der Waals surface area contributed by atoms with E-state index in [1.54, 1.807) is 0 Å². The summed E-state index contributed by atoms with van der Waals surface area (Å²) in [5.74, 6) is 2.31. The van der Waals surface area contributed by atoms with Crippen molar-refractivity contribution in [3.05, 3.63) is 24.3 Å². The van der Waals surface area contributed by atoms with Crippen molar-refractivity contribution < 1.29 is 9.47 Å². The summed E-state index contributed by atoms with van der Waals surface area (Å²) in [6.07, 6.45) is 2.51. The third-order valence-electron chi connectivity index (χ3n) is 3.75. The number of nitrogens with two attached hydrogens (primary N) is 1. The zero-order valence-corrected chi connectivity index (χ0v) is 12.4. The summed E-state index contributed by atoms with van der Waals surface area (Å²) in [7, 11) is 0. The van der Waals surface area contributed by atoms with Gasteiger partial charge in [-0.3, -0.25) is 4.90 Å². The highest BCUT2D eigenvalue weighted by Gasteiger charge is 2.18. The first-order chi connectivity index (χ1) is 9.83. The summed E-state index contributed by atoms with van der Waals surface area (Å²) in [6, 6.07) is 7.85. The molecule has 0 amide bonds. The van der Waals surface area contributed by atoms with E-state index >= 15 is 0 Å². The summed E-state index contributed by atoms with van der Waals surface area (Å²) < 4.78 is 11.4. The Morgan fingerprint density at radius 2 is 2.00 bits per heavy atom. The maximum absolute atomic E-state index is 5.86. The monoisotopic (exact) mass is 278 g/mol. The van der Waals surface area contributed by atoms with Gasteiger partial charge in [-0.25, -0.2) is 0 Å². The highest BCUT2D eigenvalue weighted by molar-refractivity contribution is 5.39. The molecule has 1 atom stereocenters. The van der Waals surface area contributed by atoms with Crippen LogP contribution < -0.4 is 15.2 Å². The number of benzene rings is 1. The van der Waals surface area contributed by atoms with E-state index in [1.807, 2.05) is 31.2 Å². The summed E-state index contributed by atoms with van der Waals surface area (Å²) in [4.78, 5) is 2.45. The van der Waals surface area contributed by atoms with E-state index in [0.29, 0.717) is 19.1 Å². The minimum Gasteiger partial charge on any atom is -0.490 e. The Kier molecular flexibility index (Phi) is 6.15. The van der Waals surface area contributed by atoms with Crippen molar-refractivity contribution >= 4 is 0 Å². The van der Waals surface area contributed by atoms with E-state index in [-0.39, 0.29) is 0 Å². The SMILES string of the molecule is CCOc1ccccc1OCCN1CCCC(CN)C1. The number of piperidine rings is 1. The number of hydrogen-bond donors (Lipinski definition) is 1. The van der Waals surface area contributed by atoms with Gasteiger partial charge in [0.05, 0.1) is 6.61 Å². The minimum atomic E-state index is 0.652. The van der Waals surface area contributed by atoms with Gasteiger partial charge in [0, 0.05) is 13.1 Å². The average Bonchev–Trinajstić information content (AvgIpc) is 2.49. The van der Waals surface area contributed by atoms with Gasteiger partial charge in [-0.2, -0.15) is 0 Å². The fraction of sp³-hybridized carbons (Fsp3) is 0.625. The van der Waals surface area contributed by atoms with Gasteiger partial charge in [0.1, 0.15) is 6.61 Å². The van der Waals surface area contributed by atoms with Gasteiger partial charge < -0.3 is 15.2 Å². The van der Waals surface area contributed by atoms with Gasteiger partial charge in [-0.05, 0) is 50.9 Å². The van der Waals surface area contributed by atoms with Crippen molar-refractivity contribution in [1.29, 1.82) is 0 Å². The van der Waals surface area contributed by atoms with Crippen LogP contribution in [0.2, 0.25) is 0 Å². The van der Waals surface area contributed by atoms with Gasteiger partial charge in [-0.15, -0.1) is 0 Å². The average molecular weight is 278 g/mol. The van der Waals surface area contributed by atoms with Crippen molar-refractivity contribution in [3.8, 4) is 11.5 Å². The molecular weight excluding hydrogens is 252 g/mol. The molecule has 1 heterocycles. The maximum atomic E-state index is 5.86. The Balaban J connectivity index is 1.78. The van der Waals surface area contributed by atoms with Crippen LogP contribution in [0, 0.1) is 5.92 Å². The molecule has 1 aromatic rings. The second kappa shape index (κ2) is 8.12. The first kappa shape index (κ1) is 15.1. The molecule has 20 heavy (non-hydrogen) atoms. The molecule has 2 rings (SSSR count). The molecule has 0 radical (unpaired) electrons. The van der Waals surface area contributed by atoms with Crippen molar-refractivity contribution in [1.82, 2.24) is 4.90 Å². The molecule has 0 spiro atoms. The molecule has 1 aliphatic rings. The van der Waals surface area contributed by atoms with Crippen LogP contribution in [0.15, 0.2) is 24.3 Å². The summed E-state index contributed by atoms with van der Waals surface area (Å²) >= 11 is 0. The lowest BCUT2D eigenvalue weighted by Gasteiger charge is -2.31. The Labute approximate surface area is 121 Å². The summed E-state index contributed by atoms with van der Waals surface area (Å²) in [5, 5.41) is 0. The number of ether oxygens (including phenoxy) is 2. The first-order valence-corrected chi connectivity index (χ1v) is 7.60. The highest BCUT2D eigenvalue weighted by Crippen LogP contribution is 2.26. The lowest BCUT2D eigenvalue weighted by atomic mass is 9.98. The summed E-state index contributed by atoms with van der Waals surface area (Å²) in [6.45, 7) is 7.35. The molecule has 1 aliphatic heterocycles. The molecule has 0 aliphatic carbocycles. The second-order valence-electron chi connectivity index (χ2n) is 5.27. The smallest absolute Gasteiger partial charge is 0.161 e. The molecule has 0 aromatic heterocycles. The highest BCUT2D eigenvalue weighted by atomic mass is 16.5. The third-order valence-corrected chi connectivity index (χ3v) is 3.75. The standard InChI is InChI=1S/C16H26N2O2/c1-2-19-15-7-3-4-8-16(15)20-11-10-18-9-5-6-14(12-17)13-18/h3-4,7-8,14H,2,5-6,9-13,17H2,1H3. The van der Waals surface area contributed by atoms with Crippen LogP contribution in [-0.4, -0.2) is 44.3 Å². The van der Waals surface area contributed by atoms with E-state index in [0.717, 1.165) is 37.7 Å². The van der Waals surface area contributed by atoms with E-state index in [9.17, 15) is 0 Å². The van der Waals surface area contributed by atoms with Crippen molar-refractivity contribution in [2.24, 2.45) is 11.7 Å². The van der Waals surface area contributed by atoms with E-state index in [2.05, 4.69) is 4.90 Å². The molecular formula is C16H26N2O2. The number of hydrogen-bond acceptors (Lipinski definition) is 4. The van der Waals surface area contributed by atoms with E-state index < -0.39 is 0 Å². The molecule has 112 valence electrons. The lowest BCUT2D eigenvalue weighted by Crippen LogP contribution is -2.40. The molecule has 4 nitrogen and oxygen atoms in total. The maximum Gasteiger partial charge on any atom is 0.161 e. The second-order valence-corrected chi connectivity index (χ2v) is 5.27. The van der Waals surface area contributed by atoms with Gasteiger partial charge in [0.15, 0.2) is 11.5 Å². The summed E-state index contributed by atoms with van der Waals surface area (Å²) in [5.41, 5.74) is 5.76. The Hall–Kier alpha value is -1.26. The van der Waals surface area contributed by atoms with Gasteiger partial charge >= 0.3 is 0 Å². The number of rotatable bonds is 7. The first-order valence-electron chi connectivity index (χ1n) is 7.60. The molecule has 4 heteroatoms. The molecule has 0 saturated carbocycles. The molecule has 1 aromatic carbocycles. The van der Waals surface area contributed by atoms with Crippen molar-refractivity contribution in [2.75, 3.05) is 39.4 Å². The Morgan fingerprint density at radius 1 is 1.25 bits per heavy atom.